The molecule has 1 heterocycles. The van der Waals surface area contributed by atoms with Gasteiger partial charge in [-0.3, -0.25) is 19.3 Å². The lowest BCUT2D eigenvalue weighted by Gasteiger charge is -2.15. The minimum atomic E-state index is -0.823. The number of nitrogens with one attached hydrogen (secondary N) is 2. The highest BCUT2D eigenvalue weighted by Gasteiger charge is 2.29. The summed E-state index contributed by atoms with van der Waals surface area (Å²) in [7, 11) is 0. The Bertz CT molecular complexity index is 408. The van der Waals surface area contributed by atoms with Crippen LogP contribution in [0.15, 0.2) is 0 Å². The number of carboxylic acids is 1. The first-order valence-corrected chi connectivity index (χ1v) is 7.00. The highest BCUT2D eigenvalue weighted by molar-refractivity contribution is 6.04. The van der Waals surface area contributed by atoms with Crippen LogP contribution in [0.5, 0.6) is 0 Å². The van der Waals surface area contributed by atoms with Crippen LogP contribution in [0, 0.1) is 5.92 Å². The number of nitrogens with zero attached hydrogens (tertiary/aromatic N) is 1. The molecule has 8 heteroatoms. The number of urea groups is 1. The van der Waals surface area contributed by atoms with Gasteiger partial charge >= 0.3 is 12.0 Å². The summed E-state index contributed by atoms with van der Waals surface area (Å²) < 4.78 is 0. The second kappa shape index (κ2) is 8.23. The molecule has 21 heavy (non-hydrogen) atoms. The molecule has 4 amide bonds. The third-order valence-electron chi connectivity index (χ3n) is 3.46. The Kier molecular flexibility index (Phi) is 6.64. The van der Waals surface area contributed by atoms with E-state index in [9.17, 15) is 19.2 Å². The second-order valence-corrected chi connectivity index (χ2v) is 4.98. The molecule has 3 N–H and O–H groups in total. The predicted octanol–water partition coefficient (Wildman–Crippen LogP) is -0.0645. The van der Waals surface area contributed by atoms with E-state index < -0.39 is 23.8 Å². The fraction of sp³-hybridized carbons (Fsp3) is 0.692. The normalized spacial score (nSPS) is 15.8. The Morgan fingerprint density at radius 2 is 2.10 bits per heavy atom. The summed E-state index contributed by atoms with van der Waals surface area (Å²) in [5.74, 6) is -1.40. The smallest absolute Gasteiger partial charge is 0.325 e. The van der Waals surface area contributed by atoms with E-state index in [1.165, 1.54) is 0 Å². The molecule has 1 fully saturated rings. The third kappa shape index (κ3) is 5.80. The molecule has 0 saturated carbocycles. The maximum atomic E-state index is 11.6. The zero-order valence-electron chi connectivity index (χ0n) is 12.1. The van der Waals surface area contributed by atoms with Gasteiger partial charge in [-0.25, -0.2) is 4.79 Å². The van der Waals surface area contributed by atoms with E-state index >= 15 is 0 Å². The Morgan fingerprint density at radius 1 is 1.38 bits per heavy atom. The van der Waals surface area contributed by atoms with E-state index in [1.807, 2.05) is 6.92 Å². The first-order chi connectivity index (χ1) is 9.93. The Hall–Kier alpha value is -2.12. The number of aliphatic carboxylic acids is 1. The van der Waals surface area contributed by atoms with Gasteiger partial charge < -0.3 is 15.7 Å². The molecule has 0 spiro atoms. The van der Waals surface area contributed by atoms with Crippen LogP contribution in [0.3, 0.4) is 0 Å². The summed E-state index contributed by atoms with van der Waals surface area (Å²) in [6, 6.07) is -0.553. The Morgan fingerprint density at radius 3 is 2.62 bits per heavy atom. The predicted molar refractivity (Wildman–Crippen MR) is 73.4 cm³/mol. The van der Waals surface area contributed by atoms with Crippen LogP contribution in [-0.2, 0) is 14.4 Å². The van der Waals surface area contributed by atoms with E-state index in [0.717, 1.165) is 11.3 Å². The average Bonchev–Trinajstić information content (AvgIpc) is 2.74. The number of carboxylic acid groups (broad SMARTS) is 1. The van der Waals surface area contributed by atoms with Crippen molar-refractivity contribution in [3.8, 4) is 0 Å². The van der Waals surface area contributed by atoms with Gasteiger partial charge in [0.2, 0.25) is 5.91 Å². The monoisotopic (exact) mass is 299 g/mol. The number of rotatable bonds is 9. The van der Waals surface area contributed by atoms with Gasteiger partial charge in [0.1, 0.15) is 6.54 Å². The lowest BCUT2D eigenvalue weighted by molar-refractivity contribution is -0.137. The van der Waals surface area contributed by atoms with Gasteiger partial charge in [0.15, 0.2) is 0 Å². The summed E-state index contributed by atoms with van der Waals surface area (Å²) >= 11 is 0. The van der Waals surface area contributed by atoms with Crippen LogP contribution >= 0.6 is 0 Å². The van der Waals surface area contributed by atoms with Crippen LogP contribution in [0.1, 0.15) is 32.6 Å². The molecule has 0 bridgehead atoms. The van der Waals surface area contributed by atoms with E-state index in [-0.39, 0.29) is 25.4 Å². The molecule has 1 atom stereocenters. The van der Waals surface area contributed by atoms with Gasteiger partial charge in [-0.05, 0) is 18.8 Å². The van der Waals surface area contributed by atoms with E-state index in [1.54, 1.807) is 0 Å². The van der Waals surface area contributed by atoms with Crippen LogP contribution in [0.4, 0.5) is 4.79 Å². The molecule has 0 radical (unpaired) electrons. The molecule has 1 unspecified atom stereocenters. The molecular formula is C13H21N3O5. The van der Waals surface area contributed by atoms with Crippen LogP contribution < -0.4 is 10.6 Å². The highest BCUT2D eigenvalue weighted by Crippen LogP contribution is 2.14. The maximum Gasteiger partial charge on any atom is 0.325 e. The standard InChI is InChI=1S/C13H21N3O5/c1-2-9(3-4-12(19)20)5-6-14-10(17)8-16-11(18)7-15-13(16)21/h9H,2-8H2,1H3,(H,14,17)(H,15,21)(H,19,20). The number of hydrogen-bond acceptors (Lipinski definition) is 4. The third-order valence-corrected chi connectivity index (χ3v) is 3.46. The number of hydrogen-bond donors (Lipinski definition) is 3. The molecule has 8 nitrogen and oxygen atoms in total. The first-order valence-electron chi connectivity index (χ1n) is 7.00. The van der Waals surface area contributed by atoms with Crippen molar-refractivity contribution in [2.75, 3.05) is 19.6 Å². The van der Waals surface area contributed by atoms with Crippen molar-refractivity contribution in [2.45, 2.75) is 32.6 Å². The van der Waals surface area contributed by atoms with Crippen molar-refractivity contribution in [3.63, 3.8) is 0 Å². The molecule has 1 aliphatic heterocycles. The summed E-state index contributed by atoms with van der Waals surface area (Å²) in [4.78, 5) is 45.6. The minimum absolute atomic E-state index is 0.0702. The number of imide groups is 1. The Balaban J connectivity index is 2.24. The van der Waals surface area contributed by atoms with Gasteiger partial charge in [-0.2, -0.15) is 0 Å². The number of carbonyl (C=O) groups excluding carboxylic acids is 3. The lowest BCUT2D eigenvalue weighted by Crippen LogP contribution is -2.41. The van der Waals surface area contributed by atoms with Crippen molar-refractivity contribution in [1.29, 1.82) is 0 Å². The van der Waals surface area contributed by atoms with E-state index in [4.69, 9.17) is 5.11 Å². The molecule has 0 aromatic carbocycles. The van der Waals surface area contributed by atoms with Crippen molar-refractivity contribution in [1.82, 2.24) is 15.5 Å². The summed E-state index contributed by atoms with van der Waals surface area (Å²) in [5.41, 5.74) is 0. The van der Waals surface area contributed by atoms with Gasteiger partial charge in [-0.1, -0.05) is 13.3 Å². The zero-order valence-corrected chi connectivity index (χ0v) is 12.1. The van der Waals surface area contributed by atoms with Gasteiger partial charge in [0.25, 0.3) is 5.91 Å². The molecule has 118 valence electrons. The van der Waals surface area contributed by atoms with Crippen molar-refractivity contribution in [3.05, 3.63) is 0 Å². The maximum absolute atomic E-state index is 11.6. The fourth-order valence-electron chi connectivity index (χ4n) is 2.11. The van der Waals surface area contributed by atoms with Crippen LogP contribution in [0.25, 0.3) is 0 Å². The highest BCUT2D eigenvalue weighted by atomic mass is 16.4. The van der Waals surface area contributed by atoms with Crippen molar-refractivity contribution in [2.24, 2.45) is 5.92 Å². The molecule has 0 aliphatic carbocycles. The quantitative estimate of drug-likeness (QED) is 0.516. The Labute approximate surface area is 122 Å². The molecule has 1 aliphatic rings. The first kappa shape index (κ1) is 16.9. The average molecular weight is 299 g/mol. The van der Waals surface area contributed by atoms with Crippen molar-refractivity contribution >= 4 is 23.8 Å². The summed E-state index contributed by atoms with van der Waals surface area (Å²) in [6.45, 7) is 2.03. The van der Waals surface area contributed by atoms with Gasteiger partial charge in [-0.15, -0.1) is 0 Å². The lowest BCUT2D eigenvalue weighted by atomic mass is 9.97. The molecule has 0 aromatic rings. The van der Waals surface area contributed by atoms with E-state index in [2.05, 4.69) is 10.6 Å². The van der Waals surface area contributed by atoms with Crippen molar-refractivity contribution < 1.29 is 24.3 Å². The fourth-order valence-corrected chi connectivity index (χ4v) is 2.11. The summed E-state index contributed by atoms with van der Waals surface area (Å²) in [6.07, 6.45) is 2.22. The zero-order chi connectivity index (χ0) is 15.8. The largest absolute Gasteiger partial charge is 0.481 e. The SMILES string of the molecule is CCC(CCNC(=O)CN1C(=O)CNC1=O)CCC(=O)O. The number of amides is 4. The van der Waals surface area contributed by atoms with Gasteiger partial charge in [0, 0.05) is 13.0 Å². The van der Waals surface area contributed by atoms with Gasteiger partial charge in [0.05, 0.1) is 6.54 Å². The number of carbonyl (C=O) groups is 4. The summed E-state index contributed by atoms with van der Waals surface area (Å²) in [5, 5.41) is 13.6. The molecule has 1 rings (SSSR count). The van der Waals surface area contributed by atoms with E-state index in [0.29, 0.717) is 19.4 Å². The molecular weight excluding hydrogens is 278 g/mol. The topological polar surface area (TPSA) is 116 Å². The molecule has 0 aromatic heterocycles. The van der Waals surface area contributed by atoms with Crippen LogP contribution in [0.2, 0.25) is 0 Å². The minimum Gasteiger partial charge on any atom is -0.481 e. The second-order valence-electron chi connectivity index (χ2n) is 4.98. The van der Waals surface area contributed by atoms with Crippen LogP contribution in [-0.4, -0.2) is 53.5 Å². The molecule has 1 saturated heterocycles.